The molecule has 0 bridgehead atoms. The molecule has 0 atom stereocenters. The van der Waals surface area contributed by atoms with Gasteiger partial charge < -0.3 is 5.32 Å². The third-order valence-electron chi connectivity index (χ3n) is 4.37. The van der Waals surface area contributed by atoms with Crippen molar-refractivity contribution in [3.63, 3.8) is 0 Å². The maximum atomic E-state index is 12.6. The normalized spacial score (nSPS) is 13.4. The Morgan fingerprint density at radius 3 is 2.75 bits per heavy atom. The Morgan fingerprint density at radius 1 is 1.18 bits per heavy atom. The molecule has 5 nitrogen and oxygen atoms in total. The Morgan fingerprint density at radius 2 is 1.96 bits per heavy atom. The van der Waals surface area contributed by atoms with E-state index in [2.05, 4.69) is 5.32 Å². The standard InChI is InChI=1S/C19H20Cl2N2O3S2/c20-16-6-5-15(17(21)11-16)12-27-13-19(24)22-8-10-28(25,26)23-9-7-14-3-1-2-4-18(14)23/h1-6,11H,7-10,12-13H2,(H,22,24). The molecule has 3 rings (SSSR count). The number of para-hydroxylation sites is 1. The van der Waals surface area contributed by atoms with Gasteiger partial charge in [-0.1, -0.05) is 47.5 Å². The van der Waals surface area contributed by atoms with Gasteiger partial charge in [-0.3, -0.25) is 9.10 Å². The van der Waals surface area contributed by atoms with Crippen molar-refractivity contribution >= 4 is 56.6 Å². The smallest absolute Gasteiger partial charge is 0.236 e. The highest BCUT2D eigenvalue weighted by Crippen LogP contribution is 2.30. The number of halogens is 2. The highest BCUT2D eigenvalue weighted by molar-refractivity contribution is 7.99. The van der Waals surface area contributed by atoms with Crippen LogP contribution in [0.5, 0.6) is 0 Å². The fourth-order valence-electron chi connectivity index (χ4n) is 2.97. The maximum Gasteiger partial charge on any atom is 0.236 e. The zero-order chi connectivity index (χ0) is 20.1. The monoisotopic (exact) mass is 458 g/mol. The Balaban J connectivity index is 1.42. The summed E-state index contributed by atoms with van der Waals surface area (Å²) >= 11 is 13.4. The number of hydrogen-bond donors (Lipinski definition) is 1. The molecule has 150 valence electrons. The molecular weight excluding hydrogens is 439 g/mol. The molecule has 1 N–H and O–H groups in total. The molecular formula is C19H20Cl2N2O3S2. The molecule has 0 radical (unpaired) electrons. The molecule has 1 heterocycles. The predicted molar refractivity (Wildman–Crippen MR) is 117 cm³/mol. The van der Waals surface area contributed by atoms with Crippen LogP contribution in [0.2, 0.25) is 10.0 Å². The first kappa shape index (κ1) is 21.3. The first-order chi connectivity index (χ1) is 13.4. The largest absolute Gasteiger partial charge is 0.354 e. The van der Waals surface area contributed by atoms with Crippen molar-refractivity contribution in [2.75, 3.05) is 28.9 Å². The summed E-state index contributed by atoms with van der Waals surface area (Å²) in [4.78, 5) is 12.0. The molecule has 0 saturated carbocycles. The van der Waals surface area contributed by atoms with Crippen molar-refractivity contribution in [1.29, 1.82) is 0 Å². The van der Waals surface area contributed by atoms with Crippen LogP contribution < -0.4 is 9.62 Å². The van der Waals surface area contributed by atoms with E-state index in [0.717, 1.165) is 16.8 Å². The van der Waals surface area contributed by atoms with Crippen LogP contribution in [0.3, 0.4) is 0 Å². The molecule has 0 fully saturated rings. The van der Waals surface area contributed by atoms with Gasteiger partial charge in [0.25, 0.3) is 0 Å². The zero-order valence-electron chi connectivity index (χ0n) is 15.0. The van der Waals surface area contributed by atoms with E-state index in [-0.39, 0.29) is 24.0 Å². The fraction of sp³-hybridized carbons (Fsp3) is 0.316. The molecule has 0 saturated heterocycles. The van der Waals surface area contributed by atoms with Crippen LogP contribution >= 0.6 is 35.0 Å². The van der Waals surface area contributed by atoms with E-state index in [9.17, 15) is 13.2 Å². The number of hydrogen-bond acceptors (Lipinski definition) is 4. The van der Waals surface area contributed by atoms with E-state index in [4.69, 9.17) is 23.2 Å². The van der Waals surface area contributed by atoms with Crippen LogP contribution in [0.15, 0.2) is 42.5 Å². The number of fused-ring (bicyclic) bond motifs is 1. The van der Waals surface area contributed by atoms with Gasteiger partial charge in [0.05, 0.1) is 17.2 Å². The van der Waals surface area contributed by atoms with Gasteiger partial charge in [0.2, 0.25) is 15.9 Å². The van der Waals surface area contributed by atoms with E-state index >= 15 is 0 Å². The van der Waals surface area contributed by atoms with Crippen LogP contribution in [0.25, 0.3) is 0 Å². The van der Waals surface area contributed by atoms with Crippen molar-refractivity contribution in [3.8, 4) is 0 Å². The number of sulfonamides is 1. The Kier molecular flexibility index (Phi) is 7.15. The number of thioether (sulfide) groups is 1. The van der Waals surface area contributed by atoms with Crippen molar-refractivity contribution in [2.24, 2.45) is 0 Å². The third-order valence-corrected chi connectivity index (χ3v) is 7.71. The summed E-state index contributed by atoms with van der Waals surface area (Å²) in [5, 5.41) is 3.81. The molecule has 0 aliphatic carbocycles. The lowest BCUT2D eigenvalue weighted by atomic mass is 10.2. The molecule has 28 heavy (non-hydrogen) atoms. The molecule has 1 amide bonds. The lowest BCUT2D eigenvalue weighted by Gasteiger charge is -2.19. The van der Waals surface area contributed by atoms with Crippen LogP contribution in [0, 0.1) is 0 Å². The quantitative estimate of drug-likeness (QED) is 0.653. The summed E-state index contributed by atoms with van der Waals surface area (Å²) in [6.45, 7) is 0.537. The third kappa shape index (κ3) is 5.35. The second-order valence-corrected chi connectivity index (χ2v) is 10.2. The Labute approximate surface area is 179 Å². The zero-order valence-corrected chi connectivity index (χ0v) is 18.2. The number of benzene rings is 2. The van der Waals surface area contributed by atoms with Crippen LogP contribution in [-0.2, 0) is 27.0 Å². The average molecular weight is 459 g/mol. The number of carbonyl (C=O) groups is 1. The van der Waals surface area contributed by atoms with Crippen molar-refractivity contribution in [2.45, 2.75) is 12.2 Å². The van der Waals surface area contributed by atoms with Gasteiger partial charge in [0.1, 0.15) is 0 Å². The van der Waals surface area contributed by atoms with E-state index < -0.39 is 10.0 Å². The minimum Gasteiger partial charge on any atom is -0.354 e. The summed E-state index contributed by atoms with van der Waals surface area (Å²) in [5.41, 5.74) is 2.68. The number of carbonyl (C=O) groups excluding carboxylic acids is 1. The van der Waals surface area contributed by atoms with Gasteiger partial charge in [0, 0.05) is 28.9 Å². The van der Waals surface area contributed by atoms with Gasteiger partial charge in [-0.05, 0) is 35.7 Å². The van der Waals surface area contributed by atoms with Crippen LogP contribution in [-0.4, -0.2) is 38.9 Å². The molecule has 0 spiro atoms. The molecule has 0 aromatic heterocycles. The van der Waals surface area contributed by atoms with Gasteiger partial charge in [-0.25, -0.2) is 8.42 Å². The SMILES string of the molecule is O=C(CSCc1ccc(Cl)cc1Cl)NCCS(=O)(=O)N1CCc2ccccc21. The molecule has 1 aliphatic heterocycles. The summed E-state index contributed by atoms with van der Waals surface area (Å²) in [7, 11) is -3.46. The van der Waals surface area contributed by atoms with Crippen molar-refractivity contribution in [3.05, 3.63) is 63.6 Å². The van der Waals surface area contributed by atoms with Gasteiger partial charge in [-0.15, -0.1) is 11.8 Å². The number of nitrogens with zero attached hydrogens (tertiary/aromatic N) is 1. The first-order valence-corrected chi connectivity index (χ1v) is 12.3. The fourth-order valence-corrected chi connectivity index (χ4v) is 5.81. The van der Waals surface area contributed by atoms with E-state index in [1.165, 1.54) is 16.1 Å². The van der Waals surface area contributed by atoms with E-state index in [1.54, 1.807) is 12.1 Å². The summed E-state index contributed by atoms with van der Waals surface area (Å²) in [6, 6.07) is 12.7. The molecule has 2 aromatic carbocycles. The van der Waals surface area contributed by atoms with Crippen LogP contribution in [0.4, 0.5) is 5.69 Å². The summed E-state index contributed by atoms with van der Waals surface area (Å²) in [5.74, 6) is 0.477. The number of amides is 1. The van der Waals surface area contributed by atoms with Crippen molar-refractivity contribution < 1.29 is 13.2 Å². The number of rotatable bonds is 8. The minimum absolute atomic E-state index is 0.0854. The first-order valence-electron chi connectivity index (χ1n) is 8.73. The Hall–Kier alpha value is -1.41. The highest BCUT2D eigenvalue weighted by Gasteiger charge is 2.28. The van der Waals surface area contributed by atoms with E-state index in [0.29, 0.717) is 28.8 Å². The molecule has 0 unspecified atom stereocenters. The van der Waals surface area contributed by atoms with Gasteiger partial charge >= 0.3 is 0 Å². The minimum atomic E-state index is -3.46. The number of nitrogens with one attached hydrogen (secondary N) is 1. The maximum absolute atomic E-state index is 12.6. The summed E-state index contributed by atoms with van der Waals surface area (Å²) in [6.07, 6.45) is 0.714. The summed E-state index contributed by atoms with van der Waals surface area (Å²) < 4.78 is 26.6. The number of anilines is 1. The molecule has 2 aromatic rings. The van der Waals surface area contributed by atoms with Crippen molar-refractivity contribution in [1.82, 2.24) is 5.32 Å². The van der Waals surface area contributed by atoms with E-state index in [1.807, 2.05) is 30.3 Å². The molecule has 1 aliphatic rings. The average Bonchev–Trinajstić information content (AvgIpc) is 3.08. The second-order valence-electron chi connectivity index (χ2n) is 6.35. The lowest BCUT2D eigenvalue weighted by Crippen LogP contribution is -2.37. The Bertz CT molecular complexity index is 967. The van der Waals surface area contributed by atoms with Gasteiger partial charge in [0.15, 0.2) is 0 Å². The molecule has 9 heteroatoms. The predicted octanol–water partition coefficient (Wildman–Crippen LogP) is 3.74. The van der Waals surface area contributed by atoms with Gasteiger partial charge in [-0.2, -0.15) is 0 Å². The van der Waals surface area contributed by atoms with Crippen LogP contribution in [0.1, 0.15) is 11.1 Å². The highest BCUT2D eigenvalue weighted by atomic mass is 35.5. The lowest BCUT2D eigenvalue weighted by molar-refractivity contribution is -0.118. The topological polar surface area (TPSA) is 66.5 Å². The second kappa shape index (κ2) is 9.39.